The normalized spacial score (nSPS) is 16.6. The van der Waals surface area contributed by atoms with Gasteiger partial charge in [-0.15, -0.1) is 0 Å². The summed E-state index contributed by atoms with van der Waals surface area (Å²) >= 11 is 3.61. The van der Waals surface area contributed by atoms with E-state index in [4.69, 9.17) is 4.99 Å². The molecule has 0 aromatic heterocycles. The number of fused-ring (bicyclic) bond motifs is 1. The smallest absolute Gasteiger partial charge is 0.248 e. The number of para-hydroxylation sites is 1. The molecule has 3 aromatic carbocycles. The molecule has 2 aliphatic heterocycles. The molecule has 5 rings (SSSR count). The van der Waals surface area contributed by atoms with E-state index in [1.165, 1.54) is 5.69 Å². The first-order chi connectivity index (χ1) is 17.2. The van der Waals surface area contributed by atoms with Crippen molar-refractivity contribution in [3.05, 3.63) is 94.5 Å². The van der Waals surface area contributed by atoms with Gasteiger partial charge >= 0.3 is 0 Å². The molecule has 5 nitrogen and oxygen atoms in total. The largest absolute Gasteiger partial charge is 0.369 e. The molecule has 0 atom stereocenters. The third kappa shape index (κ3) is 5.65. The third-order valence-electron chi connectivity index (χ3n) is 6.82. The van der Waals surface area contributed by atoms with Crippen LogP contribution in [-0.2, 0) is 4.79 Å². The summed E-state index contributed by atoms with van der Waals surface area (Å²) in [7, 11) is 0. The summed E-state index contributed by atoms with van der Waals surface area (Å²) < 4.78 is 0.990. The minimum atomic E-state index is 0.0657. The lowest BCUT2D eigenvalue weighted by atomic mass is 10.00. The lowest BCUT2D eigenvalue weighted by Gasteiger charge is -2.36. The molecule has 2 heterocycles. The minimum absolute atomic E-state index is 0.0657. The van der Waals surface area contributed by atoms with E-state index in [2.05, 4.69) is 74.3 Å². The molecular formula is C29H31BrN4O. The van der Waals surface area contributed by atoms with Gasteiger partial charge in [0.2, 0.25) is 5.91 Å². The zero-order valence-electron chi connectivity index (χ0n) is 19.9. The maximum absolute atomic E-state index is 13.1. The molecule has 180 valence electrons. The average molecular weight is 531 g/mol. The van der Waals surface area contributed by atoms with Crippen LogP contribution in [0.15, 0.2) is 88.3 Å². The number of carbonyl (C=O) groups excluding carboxylic acids is 1. The topological polar surface area (TPSA) is 39.2 Å². The Kier molecular flexibility index (Phi) is 7.60. The van der Waals surface area contributed by atoms with Crippen molar-refractivity contribution < 1.29 is 4.79 Å². The quantitative estimate of drug-likeness (QED) is 0.392. The fourth-order valence-corrected chi connectivity index (χ4v) is 5.31. The second kappa shape index (κ2) is 11.2. The predicted molar refractivity (Wildman–Crippen MR) is 148 cm³/mol. The molecule has 1 amide bonds. The van der Waals surface area contributed by atoms with Gasteiger partial charge in [-0.25, -0.2) is 0 Å². The lowest BCUT2D eigenvalue weighted by Crippen LogP contribution is -2.46. The number of hydrogen-bond acceptors (Lipinski definition) is 4. The summed E-state index contributed by atoms with van der Waals surface area (Å²) in [5, 5.41) is 0. The number of rotatable bonds is 7. The molecule has 0 unspecified atom stereocenters. The molecule has 0 spiro atoms. The number of carbonyl (C=O) groups is 1. The fourth-order valence-electron chi connectivity index (χ4n) is 4.95. The molecule has 1 saturated heterocycles. The standard InChI is InChI=1S/C29H31BrN4O/c30-24-13-14-27-26(21-24)29(23-9-3-1-4-10-23)31-22-28(35)34(27)16-8-7-15-32-17-19-33(20-18-32)25-11-5-2-6-12-25/h1-6,9-14,21H,7-8,15-20,22H2. The Morgan fingerprint density at radius 1 is 0.800 bits per heavy atom. The number of benzene rings is 3. The van der Waals surface area contributed by atoms with Crippen LogP contribution in [0.1, 0.15) is 24.0 Å². The third-order valence-corrected chi connectivity index (χ3v) is 7.32. The van der Waals surface area contributed by atoms with Crippen LogP contribution in [0.3, 0.4) is 0 Å². The Hall–Kier alpha value is -2.96. The van der Waals surface area contributed by atoms with Crippen LogP contribution in [-0.4, -0.2) is 62.3 Å². The molecule has 0 aliphatic carbocycles. The van der Waals surface area contributed by atoms with Crippen LogP contribution in [0.2, 0.25) is 0 Å². The van der Waals surface area contributed by atoms with E-state index in [9.17, 15) is 4.79 Å². The number of halogens is 1. The number of piperazine rings is 1. The molecule has 0 radical (unpaired) electrons. The van der Waals surface area contributed by atoms with Crippen LogP contribution >= 0.6 is 15.9 Å². The van der Waals surface area contributed by atoms with Crippen molar-refractivity contribution in [3.63, 3.8) is 0 Å². The van der Waals surface area contributed by atoms with Gasteiger partial charge in [-0.05, 0) is 49.7 Å². The van der Waals surface area contributed by atoms with Gasteiger partial charge in [0.25, 0.3) is 0 Å². The van der Waals surface area contributed by atoms with Gasteiger partial charge in [-0.1, -0.05) is 64.5 Å². The van der Waals surface area contributed by atoms with Crippen LogP contribution in [0.5, 0.6) is 0 Å². The van der Waals surface area contributed by atoms with Crippen molar-refractivity contribution in [3.8, 4) is 0 Å². The summed E-state index contributed by atoms with van der Waals surface area (Å²) in [4.78, 5) is 24.8. The van der Waals surface area contributed by atoms with Crippen LogP contribution < -0.4 is 9.80 Å². The van der Waals surface area contributed by atoms with E-state index in [1.54, 1.807) is 0 Å². The van der Waals surface area contributed by atoms with Crippen LogP contribution in [0.4, 0.5) is 11.4 Å². The Morgan fingerprint density at radius 3 is 2.23 bits per heavy atom. The molecule has 0 bridgehead atoms. The maximum Gasteiger partial charge on any atom is 0.248 e. The highest BCUT2D eigenvalue weighted by Crippen LogP contribution is 2.30. The first-order valence-electron chi connectivity index (χ1n) is 12.4. The number of nitrogens with zero attached hydrogens (tertiary/aromatic N) is 4. The average Bonchev–Trinajstić information content (AvgIpc) is 3.04. The van der Waals surface area contributed by atoms with Gasteiger partial charge in [0, 0.05) is 54.0 Å². The molecule has 1 fully saturated rings. The number of anilines is 2. The minimum Gasteiger partial charge on any atom is -0.369 e. The highest BCUT2D eigenvalue weighted by Gasteiger charge is 2.25. The zero-order chi connectivity index (χ0) is 24.0. The van der Waals surface area contributed by atoms with Crippen molar-refractivity contribution >= 4 is 38.9 Å². The summed E-state index contributed by atoms with van der Waals surface area (Å²) in [5.74, 6) is 0.0657. The Morgan fingerprint density at radius 2 is 1.49 bits per heavy atom. The zero-order valence-corrected chi connectivity index (χ0v) is 21.5. The van der Waals surface area contributed by atoms with E-state index < -0.39 is 0 Å². The van der Waals surface area contributed by atoms with E-state index in [1.807, 2.05) is 35.2 Å². The van der Waals surface area contributed by atoms with Gasteiger partial charge in [-0.2, -0.15) is 0 Å². The van der Waals surface area contributed by atoms with E-state index in [0.29, 0.717) is 0 Å². The first kappa shape index (κ1) is 23.8. The fraction of sp³-hybridized carbons (Fsp3) is 0.310. The predicted octanol–water partition coefficient (Wildman–Crippen LogP) is 5.24. The number of amides is 1. The molecule has 6 heteroatoms. The van der Waals surface area contributed by atoms with Gasteiger partial charge in [0.1, 0.15) is 6.54 Å². The second-order valence-electron chi connectivity index (χ2n) is 9.11. The van der Waals surface area contributed by atoms with Crippen molar-refractivity contribution in [1.29, 1.82) is 0 Å². The summed E-state index contributed by atoms with van der Waals surface area (Å²) in [6.45, 7) is 6.27. The second-order valence-corrected chi connectivity index (χ2v) is 10.0. The van der Waals surface area contributed by atoms with E-state index in [0.717, 1.165) is 79.1 Å². The Labute approximate surface area is 216 Å². The van der Waals surface area contributed by atoms with Crippen molar-refractivity contribution in [2.45, 2.75) is 12.8 Å². The Balaban J connectivity index is 1.19. The first-order valence-corrected chi connectivity index (χ1v) is 13.2. The van der Waals surface area contributed by atoms with Gasteiger partial charge < -0.3 is 9.80 Å². The monoisotopic (exact) mass is 530 g/mol. The summed E-state index contributed by atoms with van der Waals surface area (Å²) in [6, 6.07) is 27.0. The van der Waals surface area contributed by atoms with E-state index in [-0.39, 0.29) is 12.5 Å². The molecule has 35 heavy (non-hydrogen) atoms. The summed E-state index contributed by atoms with van der Waals surface area (Å²) in [5.41, 5.74) is 5.20. The number of unbranched alkanes of at least 4 members (excludes halogenated alkanes) is 1. The molecule has 0 N–H and O–H groups in total. The van der Waals surface area contributed by atoms with Crippen LogP contribution in [0.25, 0.3) is 0 Å². The van der Waals surface area contributed by atoms with Crippen molar-refractivity contribution in [2.75, 3.05) is 55.6 Å². The highest BCUT2D eigenvalue weighted by molar-refractivity contribution is 9.10. The van der Waals surface area contributed by atoms with Gasteiger partial charge in [0.05, 0.1) is 11.4 Å². The van der Waals surface area contributed by atoms with Crippen LogP contribution in [0, 0.1) is 0 Å². The summed E-state index contributed by atoms with van der Waals surface area (Å²) in [6.07, 6.45) is 2.05. The molecule has 0 saturated carbocycles. The molecular weight excluding hydrogens is 500 g/mol. The number of aliphatic imine (C=N–C) groups is 1. The Bertz CT molecular complexity index is 1170. The van der Waals surface area contributed by atoms with Gasteiger partial charge in [0.15, 0.2) is 0 Å². The lowest BCUT2D eigenvalue weighted by molar-refractivity contribution is -0.117. The molecule has 3 aromatic rings. The highest BCUT2D eigenvalue weighted by atomic mass is 79.9. The van der Waals surface area contributed by atoms with E-state index >= 15 is 0 Å². The van der Waals surface area contributed by atoms with Crippen molar-refractivity contribution in [1.82, 2.24) is 4.90 Å². The number of hydrogen-bond donors (Lipinski definition) is 0. The molecule has 2 aliphatic rings. The SMILES string of the molecule is O=C1CN=C(c2ccccc2)c2cc(Br)ccc2N1CCCCN1CCN(c2ccccc2)CC1. The van der Waals surface area contributed by atoms with Gasteiger partial charge in [-0.3, -0.25) is 14.7 Å². The number of benzodiazepines with no additional fused rings is 1. The maximum atomic E-state index is 13.1. The van der Waals surface area contributed by atoms with Crippen molar-refractivity contribution in [2.24, 2.45) is 4.99 Å².